The van der Waals surface area contributed by atoms with Gasteiger partial charge in [0.15, 0.2) is 5.78 Å². The maximum atomic E-state index is 12.2. The highest BCUT2D eigenvalue weighted by Crippen LogP contribution is 2.19. The molecule has 1 aromatic rings. The summed E-state index contributed by atoms with van der Waals surface area (Å²) in [4.78, 5) is 22.7. The zero-order valence-corrected chi connectivity index (χ0v) is 10.1. The Kier molecular flexibility index (Phi) is 5.40. The molecule has 1 N–H and O–H groups in total. The van der Waals surface area contributed by atoms with Crippen LogP contribution in [0, 0.1) is 5.92 Å². The number of benzene rings is 1. The summed E-state index contributed by atoms with van der Waals surface area (Å²) in [6.07, 6.45) is 2.13. The number of aliphatic carboxylic acids is 1. The van der Waals surface area contributed by atoms with Crippen molar-refractivity contribution in [3.63, 3.8) is 0 Å². The molecule has 0 saturated carbocycles. The monoisotopic (exact) mass is 234 g/mol. The Balaban J connectivity index is 2.69. The van der Waals surface area contributed by atoms with Gasteiger partial charge in [0.25, 0.3) is 0 Å². The van der Waals surface area contributed by atoms with Gasteiger partial charge >= 0.3 is 5.97 Å². The molecule has 1 atom stereocenters. The fourth-order valence-electron chi connectivity index (χ4n) is 1.89. The minimum atomic E-state index is -0.841. The Morgan fingerprint density at radius 1 is 1.18 bits per heavy atom. The van der Waals surface area contributed by atoms with Crippen molar-refractivity contribution in [2.24, 2.45) is 5.92 Å². The smallest absolute Gasteiger partial charge is 0.303 e. The highest BCUT2D eigenvalue weighted by Gasteiger charge is 2.19. The first kappa shape index (κ1) is 13.4. The topological polar surface area (TPSA) is 54.4 Å². The first-order chi connectivity index (χ1) is 8.15. The van der Waals surface area contributed by atoms with Gasteiger partial charge < -0.3 is 5.11 Å². The number of hydrogen-bond donors (Lipinski definition) is 1. The van der Waals surface area contributed by atoms with Crippen molar-refractivity contribution in [1.29, 1.82) is 0 Å². The van der Waals surface area contributed by atoms with Crippen LogP contribution < -0.4 is 0 Å². The fourth-order valence-corrected chi connectivity index (χ4v) is 1.89. The Morgan fingerprint density at radius 2 is 1.82 bits per heavy atom. The van der Waals surface area contributed by atoms with Crippen LogP contribution in [0.5, 0.6) is 0 Å². The molecule has 17 heavy (non-hydrogen) atoms. The number of carbonyl (C=O) groups is 2. The van der Waals surface area contributed by atoms with E-state index in [-0.39, 0.29) is 18.1 Å². The Labute approximate surface area is 101 Å². The van der Waals surface area contributed by atoms with E-state index in [1.54, 1.807) is 12.1 Å². The predicted octanol–water partition coefficient (Wildman–Crippen LogP) is 3.15. The number of carbonyl (C=O) groups excluding carboxylic acids is 1. The zero-order valence-electron chi connectivity index (χ0n) is 10.1. The largest absolute Gasteiger partial charge is 0.481 e. The second kappa shape index (κ2) is 6.84. The summed E-state index contributed by atoms with van der Waals surface area (Å²) in [7, 11) is 0. The second-order valence-corrected chi connectivity index (χ2v) is 4.15. The lowest BCUT2D eigenvalue weighted by Gasteiger charge is -2.13. The first-order valence-corrected chi connectivity index (χ1v) is 5.96. The van der Waals surface area contributed by atoms with Crippen molar-refractivity contribution in [3.05, 3.63) is 35.9 Å². The van der Waals surface area contributed by atoms with Crippen LogP contribution in [-0.4, -0.2) is 16.9 Å². The van der Waals surface area contributed by atoms with Crippen LogP contribution in [0.4, 0.5) is 0 Å². The third-order valence-electron chi connectivity index (χ3n) is 2.77. The van der Waals surface area contributed by atoms with Gasteiger partial charge in [0.1, 0.15) is 0 Å². The van der Waals surface area contributed by atoms with Gasteiger partial charge in [-0.05, 0) is 12.8 Å². The van der Waals surface area contributed by atoms with Gasteiger partial charge in [0.2, 0.25) is 0 Å². The molecule has 0 fully saturated rings. The number of ketones is 1. The fraction of sp³-hybridized carbons (Fsp3) is 0.429. The molecule has 0 aliphatic carbocycles. The molecule has 0 aliphatic heterocycles. The van der Waals surface area contributed by atoms with E-state index >= 15 is 0 Å². The van der Waals surface area contributed by atoms with Crippen LogP contribution in [0.25, 0.3) is 0 Å². The molecule has 0 bridgehead atoms. The molecule has 0 amide bonds. The number of rotatable bonds is 7. The number of Topliss-reactive ketones (excluding diaryl/α,β-unsaturated/α-hetero) is 1. The molecule has 1 rings (SSSR count). The predicted molar refractivity (Wildman–Crippen MR) is 66.0 cm³/mol. The zero-order chi connectivity index (χ0) is 12.7. The van der Waals surface area contributed by atoms with Crippen molar-refractivity contribution in [3.8, 4) is 0 Å². The molecule has 3 nitrogen and oxygen atoms in total. The molecule has 0 saturated heterocycles. The second-order valence-electron chi connectivity index (χ2n) is 4.15. The maximum Gasteiger partial charge on any atom is 0.303 e. The van der Waals surface area contributed by atoms with Crippen LogP contribution in [0.2, 0.25) is 0 Å². The molecule has 0 radical (unpaired) electrons. The lowest BCUT2D eigenvalue weighted by atomic mass is 9.89. The van der Waals surface area contributed by atoms with Gasteiger partial charge in [0.05, 0.1) is 0 Å². The van der Waals surface area contributed by atoms with E-state index in [9.17, 15) is 9.59 Å². The molecule has 0 aliphatic rings. The lowest BCUT2D eigenvalue weighted by molar-refractivity contribution is -0.137. The highest BCUT2D eigenvalue weighted by molar-refractivity contribution is 5.97. The summed E-state index contributed by atoms with van der Waals surface area (Å²) in [6, 6.07) is 9.08. The van der Waals surface area contributed by atoms with E-state index in [1.165, 1.54) is 0 Å². The molecular weight excluding hydrogens is 216 g/mol. The maximum absolute atomic E-state index is 12.2. The Morgan fingerprint density at radius 3 is 2.35 bits per heavy atom. The van der Waals surface area contributed by atoms with Gasteiger partial charge in [-0.25, -0.2) is 0 Å². The van der Waals surface area contributed by atoms with Crippen LogP contribution in [0.15, 0.2) is 30.3 Å². The standard InChI is InChI=1S/C14H18O3/c1-2-6-11(9-10-13(15)16)14(17)12-7-4-3-5-8-12/h3-5,7-8,11H,2,6,9-10H2,1H3,(H,15,16). The molecule has 1 aromatic carbocycles. The molecule has 1 unspecified atom stereocenters. The van der Waals surface area contributed by atoms with Gasteiger partial charge in [0, 0.05) is 17.9 Å². The van der Waals surface area contributed by atoms with E-state index in [0.29, 0.717) is 12.0 Å². The first-order valence-electron chi connectivity index (χ1n) is 5.96. The molecular formula is C14H18O3. The van der Waals surface area contributed by atoms with Gasteiger partial charge in [-0.3, -0.25) is 9.59 Å². The van der Waals surface area contributed by atoms with E-state index < -0.39 is 5.97 Å². The van der Waals surface area contributed by atoms with Crippen molar-refractivity contribution < 1.29 is 14.7 Å². The van der Waals surface area contributed by atoms with E-state index in [2.05, 4.69) is 0 Å². The number of carboxylic acids is 1. The molecule has 3 heteroatoms. The van der Waals surface area contributed by atoms with Crippen molar-refractivity contribution in [2.45, 2.75) is 32.6 Å². The summed E-state index contributed by atoms with van der Waals surface area (Å²) in [6.45, 7) is 2.01. The third-order valence-corrected chi connectivity index (χ3v) is 2.77. The average Bonchev–Trinajstić information content (AvgIpc) is 2.34. The number of hydrogen-bond acceptors (Lipinski definition) is 2. The van der Waals surface area contributed by atoms with E-state index in [0.717, 1.165) is 12.8 Å². The van der Waals surface area contributed by atoms with Gasteiger partial charge in [-0.1, -0.05) is 43.7 Å². The molecule has 0 aromatic heterocycles. The molecule has 0 heterocycles. The SMILES string of the molecule is CCCC(CCC(=O)O)C(=O)c1ccccc1. The average molecular weight is 234 g/mol. The minimum Gasteiger partial charge on any atom is -0.481 e. The van der Waals surface area contributed by atoms with Crippen molar-refractivity contribution in [1.82, 2.24) is 0 Å². The van der Waals surface area contributed by atoms with Gasteiger partial charge in [-0.2, -0.15) is 0 Å². The van der Waals surface area contributed by atoms with E-state index in [1.807, 2.05) is 25.1 Å². The number of carboxylic acid groups (broad SMARTS) is 1. The third kappa shape index (κ3) is 4.39. The Bertz CT molecular complexity index is 370. The summed E-state index contributed by atoms with van der Waals surface area (Å²) in [5, 5.41) is 8.67. The van der Waals surface area contributed by atoms with E-state index in [4.69, 9.17) is 5.11 Å². The quantitative estimate of drug-likeness (QED) is 0.737. The van der Waals surface area contributed by atoms with Crippen molar-refractivity contribution in [2.75, 3.05) is 0 Å². The highest BCUT2D eigenvalue weighted by atomic mass is 16.4. The van der Waals surface area contributed by atoms with Crippen LogP contribution in [0.3, 0.4) is 0 Å². The normalized spacial score (nSPS) is 12.1. The lowest BCUT2D eigenvalue weighted by Crippen LogP contribution is -2.16. The molecule has 0 spiro atoms. The summed E-state index contributed by atoms with van der Waals surface area (Å²) >= 11 is 0. The van der Waals surface area contributed by atoms with Crippen LogP contribution >= 0.6 is 0 Å². The summed E-state index contributed by atoms with van der Waals surface area (Å²) in [5.41, 5.74) is 0.677. The summed E-state index contributed by atoms with van der Waals surface area (Å²) < 4.78 is 0. The Hall–Kier alpha value is -1.64. The molecule has 92 valence electrons. The van der Waals surface area contributed by atoms with Gasteiger partial charge in [-0.15, -0.1) is 0 Å². The minimum absolute atomic E-state index is 0.0588. The van der Waals surface area contributed by atoms with Crippen LogP contribution in [0.1, 0.15) is 43.0 Å². The summed E-state index contributed by atoms with van der Waals surface area (Å²) in [5.74, 6) is -0.945. The van der Waals surface area contributed by atoms with Crippen molar-refractivity contribution >= 4 is 11.8 Å². The van der Waals surface area contributed by atoms with Crippen LogP contribution in [-0.2, 0) is 4.79 Å².